The molecule has 0 bridgehead atoms. The Morgan fingerprint density at radius 3 is 1.16 bits per heavy atom. The van der Waals surface area contributed by atoms with Crippen LogP contribution in [0.3, 0.4) is 0 Å². The Morgan fingerprint density at radius 2 is 0.857 bits per heavy atom. The molecule has 16 nitrogen and oxygen atoms in total. The number of rotatable bonds is 25. The molecule has 0 aromatic heterocycles. The maximum absolute atomic E-state index is 12.5. The van der Waals surface area contributed by atoms with Crippen LogP contribution in [-0.4, -0.2) is 134 Å². The number of hydrogen-bond donors (Lipinski definition) is 2. The Bertz CT molecular complexity index is 1050. The zero-order valence-electron chi connectivity index (χ0n) is 33.5. The van der Waals surface area contributed by atoms with Gasteiger partial charge in [0.25, 0.3) is 0 Å². The number of carbonyl (C=O) groups is 4. The Balaban J connectivity index is -0.000000141. The first-order chi connectivity index (χ1) is 24.2. The van der Waals surface area contributed by atoms with E-state index in [0.29, 0.717) is 49.1 Å². The summed E-state index contributed by atoms with van der Waals surface area (Å²) in [7, 11) is 4.07. The SMILES string of the molecule is C.C.C.C.C=C(C)C(=O)OCCC[Si](OC)(OC)OC.C=C(C)C(=O)OCCO.CCC(C)(CC(C)(C)C(=O)OCCC[Si](OC)(OC)OC)C(=O)OCCO. The molecule has 0 saturated carbocycles. The highest BCUT2D eigenvalue weighted by molar-refractivity contribution is 6.60. The molecular formula is C38H82O16Si2. The van der Waals surface area contributed by atoms with Crippen molar-refractivity contribution in [1.29, 1.82) is 0 Å². The van der Waals surface area contributed by atoms with E-state index in [9.17, 15) is 19.2 Å². The normalized spacial score (nSPS) is 11.6. The summed E-state index contributed by atoms with van der Waals surface area (Å²) in [6, 6.07) is 1.14. The van der Waals surface area contributed by atoms with Gasteiger partial charge in [0.1, 0.15) is 13.2 Å². The van der Waals surface area contributed by atoms with Crippen LogP contribution < -0.4 is 0 Å². The van der Waals surface area contributed by atoms with Gasteiger partial charge in [0, 0.05) is 65.9 Å². The summed E-state index contributed by atoms with van der Waals surface area (Å²) < 4.78 is 51.6. The zero-order valence-corrected chi connectivity index (χ0v) is 35.5. The van der Waals surface area contributed by atoms with Crippen LogP contribution in [0.2, 0.25) is 12.1 Å². The van der Waals surface area contributed by atoms with Crippen molar-refractivity contribution in [3.05, 3.63) is 24.3 Å². The van der Waals surface area contributed by atoms with Crippen LogP contribution in [0.1, 0.15) is 96.9 Å². The van der Waals surface area contributed by atoms with Crippen molar-refractivity contribution in [3.63, 3.8) is 0 Å². The topological polar surface area (TPSA) is 201 Å². The molecule has 0 saturated heterocycles. The second kappa shape index (κ2) is 36.8. The maximum atomic E-state index is 12.5. The average Bonchev–Trinajstić information content (AvgIpc) is 3.13. The molecule has 0 aromatic carbocycles. The summed E-state index contributed by atoms with van der Waals surface area (Å²) in [5.41, 5.74) is -0.944. The van der Waals surface area contributed by atoms with Crippen LogP contribution in [-0.2, 0) is 64.7 Å². The number of carbonyl (C=O) groups excluding carboxylic acids is 4. The number of aliphatic hydroxyl groups is 2. The lowest BCUT2D eigenvalue weighted by Crippen LogP contribution is -2.43. The van der Waals surface area contributed by atoms with Crippen molar-refractivity contribution < 1.29 is 74.9 Å². The zero-order chi connectivity index (χ0) is 41.0. The third kappa shape index (κ3) is 28.0. The van der Waals surface area contributed by atoms with Crippen LogP contribution in [0.25, 0.3) is 0 Å². The summed E-state index contributed by atoms with van der Waals surface area (Å²) in [4.78, 5) is 46.4. The standard InChI is InChI=1S/C18H36O8Si.C10H20O5Si.C6H10O3.4CH4/c1-8-18(4,16(21)26-12-10-19)14-17(2,3)15(20)25-11-9-13-27(22-5,23-6)24-7;1-9(2)10(11)15-7-6-8-16(12-3,13-4)14-5;1-5(2)6(8)9-4-3-7;;;;/h19H,8-14H2,1-7H3;1,6-8H2,2-5H3;7H,1,3-4H2,2H3;4*1H4. The molecule has 0 aliphatic heterocycles. The predicted molar refractivity (Wildman–Crippen MR) is 224 cm³/mol. The second-order valence-electron chi connectivity index (χ2n) is 12.3. The third-order valence-corrected chi connectivity index (χ3v) is 13.3. The quantitative estimate of drug-likeness (QED) is 0.0346. The van der Waals surface area contributed by atoms with Crippen molar-refractivity contribution in [2.45, 2.75) is 109 Å². The Labute approximate surface area is 342 Å². The molecule has 0 fully saturated rings. The van der Waals surface area contributed by atoms with Gasteiger partial charge in [-0.2, -0.15) is 0 Å². The highest BCUT2D eigenvalue weighted by atomic mass is 28.4. The van der Waals surface area contributed by atoms with E-state index in [2.05, 4.69) is 17.9 Å². The molecule has 1 unspecified atom stereocenters. The molecule has 0 spiro atoms. The number of aliphatic hydroxyl groups excluding tert-OH is 2. The summed E-state index contributed by atoms with van der Waals surface area (Å²) in [5.74, 6) is -1.63. The van der Waals surface area contributed by atoms with E-state index in [1.807, 2.05) is 6.92 Å². The summed E-state index contributed by atoms with van der Waals surface area (Å²) >= 11 is 0. The second-order valence-corrected chi connectivity index (χ2v) is 18.5. The number of hydrogen-bond acceptors (Lipinski definition) is 16. The van der Waals surface area contributed by atoms with Crippen molar-refractivity contribution in [3.8, 4) is 0 Å². The Hall–Kier alpha value is -2.53. The predicted octanol–water partition coefficient (Wildman–Crippen LogP) is 6.18. The van der Waals surface area contributed by atoms with Crippen LogP contribution in [0.4, 0.5) is 0 Å². The molecule has 2 N–H and O–H groups in total. The molecule has 56 heavy (non-hydrogen) atoms. The largest absolute Gasteiger partial charge is 0.500 e. The first-order valence-electron chi connectivity index (χ1n) is 16.8. The van der Waals surface area contributed by atoms with Gasteiger partial charge in [0.15, 0.2) is 0 Å². The highest BCUT2D eigenvalue weighted by Crippen LogP contribution is 2.38. The van der Waals surface area contributed by atoms with E-state index in [0.717, 1.165) is 0 Å². The van der Waals surface area contributed by atoms with Crippen molar-refractivity contribution >= 4 is 41.5 Å². The van der Waals surface area contributed by atoms with Gasteiger partial charge in [0.2, 0.25) is 0 Å². The van der Waals surface area contributed by atoms with Gasteiger partial charge in [-0.1, -0.05) is 49.8 Å². The maximum Gasteiger partial charge on any atom is 0.500 e. The highest BCUT2D eigenvalue weighted by Gasteiger charge is 2.43. The molecule has 0 aliphatic rings. The van der Waals surface area contributed by atoms with Gasteiger partial charge in [-0.15, -0.1) is 0 Å². The molecule has 0 aromatic rings. The summed E-state index contributed by atoms with van der Waals surface area (Å²) in [5, 5.41) is 17.0. The lowest BCUT2D eigenvalue weighted by molar-refractivity contribution is -0.163. The van der Waals surface area contributed by atoms with Gasteiger partial charge >= 0.3 is 41.5 Å². The minimum Gasteiger partial charge on any atom is -0.465 e. The van der Waals surface area contributed by atoms with E-state index in [1.54, 1.807) is 55.9 Å². The molecule has 18 heteroatoms. The molecule has 0 rings (SSSR count). The van der Waals surface area contributed by atoms with E-state index < -0.39 is 40.4 Å². The molecular weight excluding hydrogens is 769 g/mol. The number of ether oxygens (including phenoxy) is 4. The molecule has 0 amide bonds. The van der Waals surface area contributed by atoms with Crippen LogP contribution in [0.5, 0.6) is 0 Å². The van der Waals surface area contributed by atoms with E-state index in [-0.39, 0.29) is 81.1 Å². The monoisotopic (exact) mass is 851 g/mol. The van der Waals surface area contributed by atoms with Gasteiger partial charge in [-0.25, -0.2) is 9.59 Å². The summed E-state index contributed by atoms with van der Waals surface area (Å²) in [6.07, 6.45) is 1.98. The molecule has 0 aliphatic carbocycles. The van der Waals surface area contributed by atoms with Gasteiger partial charge in [0.05, 0.1) is 37.3 Å². The minimum atomic E-state index is -2.68. The fourth-order valence-corrected chi connectivity index (χ4v) is 7.68. The average molecular weight is 851 g/mol. The van der Waals surface area contributed by atoms with Crippen molar-refractivity contribution in [1.82, 2.24) is 0 Å². The molecule has 0 radical (unpaired) electrons. The smallest absolute Gasteiger partial charge is 0.465 e. The van der Waals surface area contributed by atoms with Crippen molar-refractivity contribution in [2.75, 3.05) is 82.3 Å². The lowest BCUT2D eigenvalue weighted by atomic mass is 9.72. The molecule has 1 atom stereocenters. The van der Waals surface area contributed by atoms with E-state index in [4.69, 9.17) is 51.0 Å². The molecule has 0 heterocycles. The van der Waals surface area contributed by atoms with Gasteiger partial charge in [-0.05, 0) is 60.3 Å². The van der Waals surface area contributed by atoms with Crippen LogP contribution in [0.15, 0.2) is 24.3 Å². The van der Waals surface area contributed by atoms with E-state index in [1.165, 1.54) is 21.3 Å². The van der Waals surface area contributed by atoms with Crippen LogP contribution >= 0.6 is 0 Å². The first-order valence-corrected chi connectivity index (χ1v) is 20.6. The van der Waals surface area contributed by atoms with Gasteiger partial charge < -0.3 is 55.7 Å². The third-order valence-electron chi connectivity index (χ3n) is 7.59. The molecule has 338 valence electrons. The Kier molecular flexibility index (Phi) is 44.8. The number of esters is 4. The fourth-order valence-electron chi connectivity index (χ4n) is 4.30. The first kappa shape index (κ1) is 68.2. The lowest BCUT2D eigenvalue weighted by Gasteiger charge is -2.33. The van der Waals surface area contributed by atoms with Crippen LogP contribution in [0, 0.1) is 10.8 Å². The van der Waals surface area contributed by atoms with Crippen molar-refractivity contribution in [2.24, 2.45) is 10.8 Å². The minimum absolute atomic E-state index is 0. The Morgan fingerprint density at radius 1 is 0.554 bits per heavy atom. The fraction of sp³-hybridized carbons (Fsp3) is 0.789. The van der Waals surface area contributed by atoms with Gasteiger partial charge in [-0.3, -0.25) is 9.59 Å². The van der Waals surface area contributed by atoms with E-state index >= 15 is 0 Å². The summed E-state index contributed by atoms with van der Waals surface area (Å²) in [6.45, 7) is 17.3.